The van der Waals surface area contributed by atoms with Crippen molar-refractivity contribution in [1.29, 1.82) is 0 Å². The van der Waals surface area contributed by atoms with Crippen molar-refractivity contribution in [2.75, 3.05) is 25.1 Å². The van der Waals surface area contributed by atoms with Gasteiger partial charge >= 0.3 is 0 Å². The molecule has 2 heteroatoms. The molecular formula is C11H15NO. The van der Waals surface area contributed by atoms with Gasteiger partial charge in [0.1, 0.15) is 5.75 Å². The molecule has 0 bridgehead atoms. The minimum Gasteiger partial charge on any atom is -0.497 e. The van der Waals surface area contributed by atoms with Crippen molar-refractivity contribution in [1.82, 2.24) is 0 Å². The minimum atomic E-state index is 0.933. The van der Waals surface area contributed by atoms with Crippen LogP contribution in [0.15, 0.2) is 24.3 Å². The van der Waals surface area contributed by atoms with Crippen LogP contribution in [0.25, 0.3) is 0 Å². The fourth-order valence-corrected chi connectivity index (χ4v) is 1.77. The zero-order valence-electron chi connectivity index (χ0n) is 7.99. The predicted molar refractivity (Wildman–Crippen MR) is 54.4 cm³/mol. The van der Waals surface area contributed by atoms with E-state index < -0.39 is 0 Å². The van der Waals surface area contributed by atoms with E-state index >= 15 is 0 Å². The van der Waals surface area contributed by atoms with Gasteiger partial charge in [0, 0.05) is 18.8 Å². The van der Waals surface area contributed by atoms with Gasteiger partial charge in [-0.1, -0.05) is 0 Å². The molecule has 1 aliphatic rings. The number of hydrogen-bond acceptors (Lipinski definition) is 2. The molecule has 0 spiro atoms. The molecule has 2 rings (SSSR count). The average molecular weight is 177 g/mol. The smallest absolute Gasteiger partial charge is 0.119 e. The van der Waals surface area contributed by atoms with Gasteiger partial charge in [-0.15, -0.1) is 0 Å². The molecule has 2 nitrogen and oxygen atoms in total. The van der Waals surface area contributed by atoms with Crippen LogP contribution in [0.4, 0.5) is 5.69 Å². The Morgan fingerprint density at radius 1 is 1.08 bits per heavy atom. The molecule has 1 saturated heterocycles. The highest BCUT2D eigenvalue weighted by atomic mass is 16.5. The molecule has 0 aliphatic carbocycles. The first-order valence-corrected chi connectivity index (χ1v) is 4.79. The van der Waals surface area contributed by atoms with Gasteiger partial charge in [-0.2, -0.15) is 0 Å². The van der Waals surface area contributed by atoms with Crippen molar-refractivity contribution in [2.45, 2.75) is 12.8 Å². The third-order valence-electron chi connectivity index (χ3n) is 2.54. The Labute approximate surface area is 79.1 Å². The van der Waals surface area contributed by atoms with E-state index in [4.69, 9.17) is 4.74 Å². The summed E-state index contributed by atoms with van der Waals surface area (Å²) in [7, 11) is 1.70. The second-order valence-corrected chi connectivity index (χ2v) is 3.39. The molecule has 1 aromatic carbocycles. The summed E-state index contributed by atoms with van der Waals surface area (Å²) in [6.45, 7) is 2.40. The fourth-order valence-electron chi connectivity index (χ4n) is 1.77. The summed E-state index contributed by atoms with van der Waals surface area (Å²) in [5.74, 6) is 0.933. The molecule has 70 valence electrons. The minimum absolute atomic E-state index is 0.933. The van der Waals surface area contributed by atoms with Gasteiger partial charge in [-0.05, 0) is 37.1 Å². The lowest BCUT2D eigenvalue weighted by Gasteiger charge is -2.17. The Balaban J connectivity index is 2.12. The Morgan fingerprint density at radius 3 is 2.23 bits per heavy atom. The summed E-state index contributed by atoms with van der Waals surface area (Å²) in [6.07, 6.45) is 2.65. The molecule has 1 aromatic rings. The van der Waals surface area contributed by atoms with Crippen LogP contribution in [-0.4, -0.2) is 20.2 Å². The lowest BCUT2D eigenvalue weighted by Crippen LogP contribution is -2.17. The summed E-state index contributed by atoms with van der Waals surface area (Å²) in [5, 5.41) is 0. The van der Waals surface area contributed by atoms with Crippen molar-refractivity contribution >= 4 is 5.69 Å². The van der Waals surface area contributed by atoms with Crippen LogP contribution in [0.2, 0.25) is 0 Å². The molecule has 0 aromatic heterocycles. The molecule has 0 radical (unpaired) electrons. The van der Waals surface area contributed by atoms with Gasteiger partial charge in [-0.3, -0.25) is 0 Å². The molecule has 13 heavy (non-hydrogen) atoms. The standard InChI is InChI=1S/C11H15NO/c1-13-11-6-4-10(5-7-11)12-8-2-3-9-12/h4-7H,2-3,8-9H2,1H3. The van der Waals surface area contributed by atoms with Gasteiger partial charge in [0.2, 0.25) is 0 Å². The highest BCUT2D eigenvalue weighted by molar-refractivity contribution is 5.49. The molecule has 0 amide bonds. The summed E-state index contributed by atoms with van der Waals surface area (Å²) < 4.78 is 5.11. The predicted octanol–water partition coefficient (Wildman–Crippen LogP) is 2.30. The number of hydrogen-bond donors (Lipinski definition) is 0. The van der Waals surface area contributed by atoms with E-state index in [-0.39, 0.29) is 0 Å². The van der Waals surface area contributed by atoms with Crippen molar-refractivity contribution in [3.8, 4) is 5.75 Å². The van der Waals surface area contributed by atoms with E-state index in [0.29, 0.717) is 0 Å². The van der Waals surface area contributed by atoms with Crippen LogP contribution in [0.5, 0.6) is 5.75 Å². The molecule has 0 unspecified atom stereocenters. The van der Waals surface area contributed by atoms with Gasteiger partial charge in [0.05, 0.1) is 7.11 Å². The van der Waals surface area contributed by atoms with E-state index in [0.717, 1.165) is 5.75 Å². The lowest BCUT2D eigenvalue weighted by atomic mass is 10.3. The first-order valence-electron chi connectivity index (χ1n) is 4.79. The zero-order valence-corrected chi connectivity index (χ0v) is 7.99. The van der Waals surface area contributed by atoms with E-state index in [1.54, 1.807) is 7.11 Å². The number of anilines is 1. The maximum atomic E-state index is 5.11. The number of ether oxygens (including phenoxy) is 1. The SMILES string of the molecule is COc1ccc(N2CCCC2)cc1. The van der Waals surface area contributed by atoms with Crippen LogP contribution < -0.4 is 9.64 Å². The van der Waals surface area contributed by atoms with Crippen molar-refractivity contribution < 1.29 is 4.74 Å². The van der Waals surface area contributed by atoms with Gasteiger partial charge in [-0.25, -0.2) is 0 Å². The Bertz CT molecular complexity index is 262. The van der Waals surface area contributed by atoms with E-state index in [1.807, 2.05) is 12.1 Å². The molecule has 0 saturated carbocycles. The van der Waals surface area contributed by atoms with E-state index in [1.165, 1.54) is 31.6 Å². The highest BCUT2D eigenvalue weighted by Gasteiger charge is 2.11. The first-order chi connectivity index (χ1) is 6.40. The summed E-state index contributed by atoms with van der Waals surface area (Å²) in [6, 6.07) is 8.30. The van der Waals surface area contributed by atoms with Crippen LogP contribution in [-0.2, 0) is 0 Å². The van der Waals surface area contributed by atoms with Crippen LogP contribution in [0.3, 0.4) is 0 Å². The largest absolute Gasteiger partial charge is 0.497 e. The average Bonchev–Trinajstić information content (AvgIpc) is 2.71. The Hall–Kier alpha value is -1.18. The van der Waals surface area contributed by atoms with Crippen LogP contribution in [0.1, 0.15) is 12.8 Å². The highest BCUT2D eigenvalue weighted by Crippen LogP contribution is 2.22. The van der Waals surface area contributed by atoms with E-state index in [2.05, 4.69) is 17.0 Å². The fraction of sp³-hybridized carbons (Fsp3) is 0.455. The second kappa shape index (κ2) is 3.69. The van der Waals surface area contributed by atoms with Crippen LogP contribution >= 0.6 is 0 Å². The van der Waals surface area contributed by atoms with E-state index in [9.17, 15) is 0 Å². The topological polar surface area (TPSA) is 12.5 Å². The van der Waals surface area contributed by atoms with Gasteiger partial charge in [0.25, 0.3) is 0 Å². The Kier molecular flexibility index (Phi) is 2.39. The normalized spacial score (nSPS) is 16.2. The monoisotopic (exact) mass is 177 g/mol. The number of methoxy groups -OCH3 is 1. The molecule has 1 fully saturated rings. The summed E-state index contributed by atoms with van der Waals surface area (Å²) in [5.41, 5.74) is 1.32. The maximum absolute atomic E-state index is 5.11. The maximum Gasteiger partial charge on any atom is 0.119 e. The lowest BCUT2D eigenvalue weighted by molar-refractivity contribution is 0.415. The number of benzene rings is 1. The molecular weight excluding hydrogens is 162 g/mol. The van der Waals surface area contributed by atoms with Crippen LogP contribution in [0, 0.1) is 0 Å². The number of nitrogens with zero attached hydrogens (tertiary/aromatic N) is 1. The molecule has 0 N–H and O–H groups in total. The summed E-state index contributed by atoms with van der Waals surface area (Å²) >= 11 is 0. The second-order valence-electron chi connectivity index (χ2n) is 3.39. The van der Waals surface area contributed by atoms with Crippen molar-refractivity contribution in [2.24, 2.45) is 0 Å². The zero-order chi connectivity index (χ0) is 9.10. The number of rotatable bonds is 2. The first kappa shape index (κ1) is 8.42. The molecule has 1 heterocycles. The van der Waals surface area contributed by atoms with Gasteiger partial charge < -0.3 is 9.64 Å². The quantitative estimate of drug-likeness (QED) is 0.687. The van der Waals surface area contributed by atoms with Crippen molar-refractivity contribution in [3.63, 3.8) is 0 Å². The third kappa shape index (κ3) is 1.77. The molecule has 0 atom stereocenters. The summed E-state index contributed by atoms with van der Waals surface area (Å²) in [4.78, 5) is 2.42. The third-order valence-corrected chi connectivity index (χ3v) is 2.54. The van der Waals surface area contributed by atoms with Crippen molar-refractivity contribution in [3.05, 3.63) is 24.3 Å². The Morgan fingerprint density at radius 2 is 1.69 bits per heavy atom. The molecule has 1 aliphatic heterocycles. The van der Waals surface area contributed by atoms with Gasteiger partial charge in [0.15, 0.2) is 0 Å².